The van der Waals surface area contributed by atoms with Crippen molar-refractivity contribution in [3.63, 3.8) is 0 Å². The molecule has 42 heavy (non-hydrogen) atoms. The second-order valence-electron chi connectivity index (χ2n) is 11.8. The van der Waals surface area contributed by atoms with Crippen LogP contribution in [0.15, 0.2) is 30.3 Å². The Hall–Kier alpha value is -4.42. The Labute approximate surface area is 241 Å². The van der Waals surface area contributed by atoms with Gasteiger partial charge in [-0.05, 0) is 62.2 Å². The van der Waals surface area contributed by atoms with Gasteiger partial charge in [0, 0.05) is 36.8 Å². The van der Waals surface area contributed by atoms with Crippen molar-refractivity contribution in [2.24, 2.45) is 35.1 Å². The summed E-state index contributed by atoms with van der Waals surface area (Å²) in [5.41, 5.74) is 9.90. The highest BCUT2D eigenvalue weighted by Crippen LogP contribution is 2.53. The summed E-state index contributed by atoms with van der Waals surface area (Å²) in [7, 11) is 6.60. The number of hydrogen-bond donors (Lipinski definition) is 4. The van der Waals surface area contributed by atoms with E-state index in [-0.39, 0.29) is 35.3 Å². The maximum absolute atomic E-state index is 14.2. The van der Waals surface area contributed by atoms with Crippen molar-refractivity contribution in [1.82, 2.24) is 4.90 Å². The molecule has 2 saturated carbocycles. The normalized spacial score (nSPS) is 28.7. The van der Waals surface area contributed by atoms with Crippen LogP contribution in [0.25, 0.3) is 11.1 Å². The molecule has 0 radical (unpaired) electrons. The van der Waals surface area contributed by atoms with Crippen LogP contribution in [-0.4, -0.2) is 89.9 Å². The number of ketones is 4. The van der Waals surface area contributed by atoms with Crippen molar-refractivity contribution in [3.8, 4) is 16.9 Å². The molecule has 2 aromatic rings. The molecular formula is C30H32N4O8. The van der Waals surface area contributed by atoms with Crippen molar-refractivity contribution in [3.05, 3.63) is 47.0 Å². The van der Waals surface area contributed by atoms with Crippen LogP contribution in [-0.2, 0) is 25.6 Å². The first-order valence-electron chi connectivity index (χ1n) is 13.4. The summed E-state index contributed by atoms with van der Waals surface area (Å²) in [6.45, 7) is 0. The molecule has 0 bridgehead atoms. The van der Waals surface area contributed by atoms with E-state index in [2.05, 4.69) is 0 Å². The average molecular weight is 577 g/mol. The lowest BCUT2D eigenvalue weighted by Crippen LogP contribution is -2.74. The minimum absolute atomic E-state index is 0.0339. The van der Waals surface area contributed by atoms with Crippen LogP contribution in [0.4, 0.5) is 5.69 Å². The number of aromatic hydroxyl groups is 1. The summed E-state index contributed by atoms with van der Waals surface area (Å²) in [6.07, 6.45) is 0.113. The quantitative estimate of drug-likeness (QED) is 0.342. The van der Waals surface area contributed by atoms with Gasteiger partial charge in [0.2, 0.25) is 11.8 Å². The molecule has 3 aliphatic carbocycles. The van der Waals surface area contributed by atoms with Crippen molar-refractivity contribution in [1.29, 1.82) is 0 Å². The fourth-order valence-corrected chi connectivity index (χ4v) is 7.09. The molecule has 6 N–H and O–H groups in total. The van der Waals surface area contributed by atoms with Gasteiger partial charge in [0.15, 0.2) is 34.7 Å². The second kappa shape index (κ2) is 9.85. The molecule has 12 heteroatoms. The van der Waals surface area contributed by atoms with Gasteiger partial charge < -0.3 is 26.6 Å². The first-order valence-corrected chi connectivity index (χ1v) is 13.4. The van der Waals surface area contributed by atoms with Crippen molar-refractivity contribution >= 4 is 40.6 Å². The Kier molecular flexibility index (Phi) is 6.82. The Morgan fingerprint density at radius 2 is 1.60 bits per heavy atom. The topological polar surface area (TPSA) is 201 Å². The highest BCUT2D eigenvalue weighted by Gasteiger charge is 2.69. The number of phenolic OH excluding ortho intramolecular Hbond substituents is 1. The third-order valence-electron chi connectivity index (χ3n) is 9.00. The molecule has 6 atom stereocenters. The first-order chi connectivity index (χ1) is 19.6. The number of amides is 2. The summed E-state index contributed by atoms with van der Waals surface area (Å²) in [5, 5.41) is 23.2. The van der Waals surface area contributed by atoms with Gasteiger partial charge in [0.1, 0.15) is 5.75 Å². The number of benzene rings is 2. The number of aliphatic hydroxyl groups is 1. The predicted octanol–water partition coefficient (Wildman–Crippen LogP) is -0.301. The highest BCUT2D eigenvalue weighted by atomic mass is 16.3. The van der Waals surface area contributed by atoms with Crippen LogP contribution >= 0.6 is 0 Å². The van der Waals surface area contributed by atoms with Gasteiger partial charge in [-0.3, -0.25) is 33.7 Å². The fourth-order valence-electron chi connectivity index (χ4n) is 7.09. The van der Waals surface area contributed by atoms with Gasteiger partial charge in [-0.25, -0.2) is 0 Å². The van der Waals surface area contributed by atoms with Gasteiger partial charge in [-0.15, -0.1) is 0 Å². The van der Waals surface area contributed by atoms with E-state index in [0.717, 1.165) is 0 Å². The van der Waals surface area contributed by atoms with E-state index in [9.17, 15) is 39.0 Å². The summed E-state index contributed by atoms with van der Waals surface area (Å²) < 4.78 is 0. The van der Waals surface area contributed by atoms with E-state index in [1.54, 1.807) is 37.2 Å². The van der Waals surface area contributed by atoms with Crippen molar-refractivity contribution < 1.29 is 39.0 Å². The van der Waals surface area contributed by atoms with E-state index < -0.39 is 70.3 Å². The molecule has 220 valence electrons. The van der Waals surface area contributed by atoms with Gasteiger partial charge in [0.25, 0.3) is 0 Å². The number of phenols is 1. The summed E-state index contributed by atoms with van der Waals surface area (Å²) in [6, 6.07) is 6.64. The lowest BCUT2D eigenvalue weighted by atomic mass is 9.52. The van der Waals surface area contributed by atoms with Gasteiger partial charge in [0.05, 0.1) is 17.5 Å². The van der Waals surface area contributed by atoms with E-state index in [1.807, 2.05) is 0 Å². The zero-order valence-electron chi connectivity index (χ0n) is 23.6. The molecule has 0 spiro atoms. The third-order valence-corrected chi connectivity index (χ3v) is 9.00. The van der Waals surface area contributed by atoms with Crippen LogP contribution in [0.2, 0.25) is 0 Å². The second-order valence-corrected chi connectivity index (χ2v) is 11.8. The standard InChI is InChI=1S/C30H32N4O8/c1-33(2)18-11-15(12-5-7-13(8-6-12)28(31)40)23(35)20-16(18)9-14-10-17-22(34(3)4)25(37)21(29(32)41)27(39)30(17,42)26(38)19(14)24(20)36/h5-8,11,14,17,19,21-22,35,42H,9-10H2,1-4H3,(H2,31,40)(H2,32,41)/t14-,17-,19?,21?,22-,30-/m0/s1. The molecule has 0 saturated heterocycles. The van der Waals surface area contributed by atoms with E-state index in [4.69, 9.17) is 11.5 Å². The maximum atomic E-state index is 14.2. The maximum Gasteiger partial charge on any atom is 0.248 e. The monoisotopic (exact) mass is 576 g/mol. The number of carbonyl (C=O) groups excluding carboxylic acids is 6. The van der Waals surface area contributed by atoms with Crippen LogP contribution in [0.3, 0.4) is 0 Å². The Bertz CT molecular complexity index is 1580. The average Bonchev–Trinajstić information content (AvgIpc) is 2.90. The summed E-state index contributed by atoms with van der Waals surface area (Å²) in [5.74, 6) is -11.7. The van der Waals surface area contributed by atoms with E-state index >= 15 is 0 Å². The molecule has 2 amide bonds. The number of fused-ring (bicyclic) bond motifs is 3. The lowest BCUT2D eigenvalue weighted by molar-refractivity contribution is -0.181. The SMILES string of the molecule is CN(C)c1cc(-c2ccc(C(N)=O)cc2)c(O)c2c1C[C@H]1C[C@H]3[C@H](N(C)C)C(=O)C(C(N)=O)C(=O)[C@@]3(O)C(=O)C1C2=O. The molecule has 2 aromatic carbocycles. The number of nitrogens with two attached hydrogens (primary N) is 2. The Morgan fingerprint density at radius 3 is 2.12 bits per heavy atom. The molecule has 0 heterocycles. The Balaban J connectivity index is 1.67. The number of nitrogens with zero attached hydrogens (tertiary/aromatic N) is 2. The summed E-state index contributed by atoms with van der Waals surface area (Å²) in [4.78, 5) is 81.8. The number of primary amides is 2. The number of Topliss-reactive ketones (excluding diaryl/α,β-unsaturated/α-hetero) is 4. The highest BCUT2D eigenvalue weighted by molar-refractivity contribution is 6.32. The number of carbonyl (C=O) groups is 6. The largest absolute Gasteiger partial charge is 0.507 e. The number of anilines is 1. The molecule has 5 rings (SSSR count). The number of hydrogen-bond acceptors (Lipinski definition) is 10. The van der Waals surface area contributed by atoms with Crippen molar-refractivity contribution in [2.75, 3.05) is 33.1 Å². The smallest absolute Gasteiger partial charge is 0.248 e. The lowest BCUT2D eigenvalue weighted by Gasteiger charge is -2.52. The minimum atomic E-state index is -2.79. The van der Waals surface area contributed by atoms with Crippen molar-refractivity contribution in [2.45, 2.75) is 24.5 Å². The van der Waals surface area contributed by atoms with Crippen LogP contribution in [0.1, 0.15) is 32.7 Å². The Morgan fingerprint density at radius 1 is 0.976 bits per heavy atom. The molecule has 3 aliphatic rings. The van der Waals surface area contributed by atoms with Crippen LogP contribution in [0.5, 0.6) is 5.75 Å². The number of likely N-dealkylation sites (N-methyl/N-ethyl adjacent to an activating group) is 1. The van der Waals surface area contributed by atoms with Crippen LogP contribution < -0.4 is 16.4 Å². The molecule has 2 unspecified atom stereocenters. The van der Waals surface area contributed by atoms with E-state index in [0.29, 0.717) is 16.8 Å². The predicted molar refractivity (Wildman–Crippen MR) is 150 cm³/mol. The van der Waals surface area contributed by atoms with Gasteiger partial charge in [-0.1, -0.05) is 12.1 Å². The zero-order valence-corrected chi connectivity index (χ0v) is 23.6. The number of rotatable bonds is 5. The first kappa shape index (κ1) is 29.1. The molecule has 0 aromatic heterocycles. The molecular weight excluding hydrogens is 544 g/mol. The zero-order chi connectivity index (χ0) is 31.0. The third kappa shape index (κ3) is 3.97. The molecule has 0 aliphatic heterocycles. The fraction of sp³-hybridized carbons (Fsp3) is 0.400. The van der Waals surface area contributed by atoms with Gasteiger partial charge in [-0.2, -0.15) is 0 Å². The van der Waals surface area contributed by atoms with Crippen LogP contribution in [0, 0.1) is 23.7 Å². The minimum Gasteiger partial charge on any atom is -0.507 e. The van der Waals surface area contributed by atoms with Gasteiger partial charge >= 0.3 is 0 Å². The molecule has 2 fully saturated rings. The summed E-state index contributed by atoms with van der Waals surface area (Å²) >= 11 is 0. The van der Waals surface area contributed by atoms with E-state index in [1.165, 1.54) is 31.1 Å². The molecule has 12 nitrogen and oxygen atoms in total.